The third kappa shape index (κ3) is 3.40. The van der Waals surface area contributed by atoms with Crippen LogP contribution in [-0.4, -0.2) is 17.6 Å². The Hall–Kier alpha value is -2.47. The van der Waals surface area contributed by atoms with Crippen LogP contribution in [-0.2, 0) is 6.61 Å². The second kappa shape index (κ2) is 7.00. The summed E-state index contributed by atoms with van der Waals surface area (Å²) in [6.07, 6.45) is 0. The second-order valence-electron chi connectivity index (χ2n) is 4.46. The zero-order chi connectivity index (χ0) is 16.1. The number of halogens is 2. The molecule has 1 amide bonds. The molecule has 0 bridgehead atoms. The van der Waals surface area contributed by atoms with Gasteiger partial charge in [0, 0.05) is 11.3 Å². The highest BCUT2D eigenvalue weighted by atomic mass is 19.1. The Balaban J connectivity index is 2.25. The smallest absolute Gasteiger partial charge is 0.261 e. The third-order valence-corrected chi connectivity index (χ3v) is 2.98. The van der Waals surface area contributed by atoms with Crippen molar-refractivity contribution in [2.24, 2.45) is 0 Å². The van der Waals surface area contributed by atoms with Gasteiger partial charge < -0.3 is 15.2 Å². The van der Waals surface area contributed by atoms with E-state index in [4.69, 9.17) is 4.74 Å². The molecule has 0 aliphatic carbocycles. The number of hydrogen-bond donors (Lipinski definition) is 2. The van der Waals surface area contributed by atoms with Crippen molar-refractivity contribution in [2.75, 3.05) is 11.9 Å². The molecule has 0 unspecified atom stereocenters. The number of anilines is 1. The fourth-order valence-corrected chi connectivity index (χ4v) is 1.99. The number of aliphatic hydroxyl groups excluding tert-OH is 1. The van der Waals surface area contributed by atoms with Crippen LogP contribution in [0.4, 0.5) is 14.5 Å². The van der Waals surface area contributed by atoms with Gasteiger partial charge in [0.05, 0.1) is 13.2 Å². The van der Waals surface area contributed by atoms with Crippen molar-refractivity contribution in [3.63, 3.8) is 0 Å². The normalized spacial score (nSPS) is 10.4. The van der Waals surface area contributed by atoms with E-state index in [-0.39, 0.29) is 6.61 Å². The molecule has 2 aromatic carbocycles. The van der Waals surface area contributed by atoms with E-state index in [9.17, 15) is 18.7 Å². The number of benzene rings is 2. The van der Waals surface area contributed by atoms with Gasteiger partial charge in [0.25, 0.3) is 5.91 Å². The maximum absolute atomic E-state index is 13.6. The van der Waals surface area contributed by atoms with Gasteiger partial charge in [0.15, 0.2) is 0 Å². The van der Waals surface area contributed by atoms with Crippen LogP contribution in [0.1, 0.15) is 22.8 Å². The summed E-state index contributed by atoms with van der Waals surface area (Å²) < 4.78 is 32.4. The van der Waals surface area contributed by atoms with Gasteiger partial charge in [-0.1, -0.05) is 6.07 Å². The number of amides is 1. The first-order valence-corrected chi connectivity index (χ1v) is 6.68. The lowest BCUT2D eigenvalue weighted by Crippen LogP contribution is -2.16. The molecule has 0 fully saturated rings. The highest BCUT2D eigenvalue weighted by molar-refractivity contribution is 6.04. The lowest BCUT2D eigenvalue weighted by molar-refractivity contribution is 0.101. The van der Waals surface area contributed by atoms with Crippen molar-refractivity contribution in [3.8, 4) is 5.75 Å². The van der Waals surface area contributed by atoms with E-state index in [0.717, 1.165) is 12.1 Å². The molecule has 0 aliphatic rings. The van der Waals surface area contributed by atoms with Crippen molar-refractivity contribution in [2.45, 2.75) is 13.5 Å². The van der Waals surface area contributed by atoms with Gasteiger partial charge >= 0.3 is 0 Å². The van der Waals surface area contributed by atoms with Gasteiger partial charge in [-0.05, 0) is 37.3 Å². The molecule has 0 saturated carbocycles. The first-order valence-electron chi connectivity index (χ1n) is 6.68. The molecule has 2 N–H and O–H groups in total. The van der Waals surface area contributed by atoms with E-state index in [1.807, 2.05) is 0 Å². The van der Waals surface area contributed by atoms with Crippen LogP contribution in [0.25, 0.3) is 0 Å². The van der Waals surface area contributed by atoms with Gasteiger partial charge in [0.2, 0.25) is 0 Å². The van der Waals surface area contributed by atoms with Crippen LogP contribution >= 0.6 is 0 Å². The van der Waals surface area contributed by atoms with Crippen molar-refractivity contribution >= 4 is 11.6 Å². The van der Waals surface area contributed by atoms with E-state index in [1.165, 1.54) is 18.2 Å². The Morgan fingerprint density at radius 3 is 2.50 bits per heavy atom. The summed E-state index contributed by atoms with van der Waals surface area (Å²) in [5, 5.41) is 11.7. The molecule has 0 radical (unpaired) electrons. The molecule has 116 valence electrons. The van der Waals surface area contributed by atoms with E-state index in [2.05, 4.69) is 5.32 Å². The van der Waals surface area contributed by atoms with Crippen molar-refractivity contribution in [1.29, 1.82) is 0 Å². The monoisotopic (exact) mass is 307 g/mol. The van der Waals surface area contributed by atoms with Crippen LogP contribution in [0.15, 0.2) is 36.4 Å². The topological polar surface area (TPSA) is 58.6 Å². The summed E-state index contributed by atoms with van der Waals surface area (Å²) in [6, 6.07) is 7.79. The summed E-state index contributed by atoms with van der Waals surface area (Å²) in [5.74, 6) is -2.29. The molecule has 22 heavy (non-hydrogen) atoms. The van der Waals surface area contributed by atoms with Gasteiger partial charge in [-0.2, -0.15) is 0 Å². The van der Waals surface area contributed by atoms with Crippen molar-refractivity contribution in [1.82, 2.24) is 0 Å². The lowest BCUT2D eigenvalue weighted by Gasteiger charge is -2.12. The van der Waals surface area contributed by atoms with Crippen molar-refractivity contribution < 1.29 is 23.4 Å². The number of ether oxygens (including phenoxy) is 1. The summed E-state index contributed by atoms with van der Waals surface area (Å²) in [5.41, 5.74) is 0.121. The number of hydrogen-bond acceptors (Lipinski definition) is 3. The fourth-order valence-electron chi connectivity index (χ4n) is 1.99. The second-order valence-corrected chi connectivity index (χ2v) is 4.46. The van der Waals surface area contributed by atoms with Gasteiger partial charge in [-0.3, -0.25) is 4.79 Å². The highest BCUT2D eigenvalue weighted by Crippen LogP contribution is 2.24. The zero-order valence-corrected chi connectivity index (χ0v) is 11.9. The number of rotatable bonds is 5. The SMILES string of the molecule is CCOc1ccc(NC(=O)c2c(F)cccc2F)cc1CO. The predicted octanol–water partition coefficient (Wildman–Crippen LogP) is 3.11. The van der Waals surface area contributed by atoms with Crippen molar-refractivity contribution in [3.05, 3.63) is 59.2 Å². The molecule has 4 nitrogen and oxygen atoms in total. The molecule has 2 rings (SSSR count). The molecule has 0 heterocycles. The Labute approximate surface area is 126 Å². The summed E-state index contributed by atoms with van der Waals surface area (Å²) in [4.78, 5) is 12.0. The zero-order valence-electron chi connectivity index (χ0n) is 11.9. The van der Waals surface area contributed by atoms with Crippen LogP contribution in [0.3, 0.4) is 0 Å². The lowest BCUT2D eigenvalue weighted by atomic mass is 10.1. The maximum atomic E-state index is 13.6. The molecule has 0 aliphatic heterocycles. The van der Waals surface area contributed by atoms with E-state index >= 15 is 0 Å². The van der Waals surface area contributed by atoms with Gasteiger partial charge in [-0.15, -0.1) is 0 Å². The molecule has 0 aromatic heterocycles. The Kier molecular flexibility index (Phi) is 5.06. The molecule has 0 spiro atoms. The minimum absolute atomic E-state index is 0.285. The Morgan fingerprint density at radius 1 is 1.23 bits per heavy atom. The van der Waals surface area contributed by atoms with Crippen LogP contribution in [0.5, 0.6) is 5.75 Å². The van der Waals surface area contributed by atoms with Gasteiger partial charge in [0.1, 0.15) is 22.9 Å². The van der Waals surface area contributed by atoms with E-state index < -0.39 is 23.1 Å². The standard InChI is InChI=1S/C16H15F2NO3/c1-2-22-14-7-6-11(8-10(14)9-20)19-16(21)15-12(17)4-3-5-13(15)18/h3-8,20H,2,9H2,1H3,(H,19,21). The van der Waals surface area contributed by atoms with Gasteiger partial charge in [-0.25, -0.2) is 8.78 Å². The fraction of sp³-hybridized carbons (Fsp3) is 0.188. The minimum Gasteiger partial charge on any atom is -0.494 e. The highest BCUT2D eigenvalue weighted by Gasteiger charge is 2.17. The summed E-state index contributed by atoms with van der Waals surface area (Å²) >= 11 is 0. The molecule has 2 aromatic rings. The summed E-state index contributed by atoms with van der Waals surface area (Å²) in [6.45, 7) is 1.95. The Morgan fingerprint density at radius 2 is 1.91 bits per heavy atom. The first-order chi connectivity index (χ1) is 10.6. The van der Waals surface area contributed by atoms with E-state index in [1.54, 1.807) is 13.0 Å². The molecule has 0 atom stereocenters. The average molecular weight is 307 g/mol. The van der Waals surface area contributed by atoms with E-state index in [0.29, 0.717) is 23.6 Å². The Bertz CT molecular complexity index is 669. The predicted molar refractivity (Wildman–Crippen MR) is 77.8 cm³/mol. The maximum Gasteiger partial charge on any atom is 0.261 e. The number of aliphatic hydroxyl groups is 1. The third-order valence-electron chi connectivity index (χ3n) is 2.98. The average Bonchev–Trinajstić information content (AvgIpc) is 2.48. The van der Waals surface area contributed by atoms with Crippen LogP contribution < -0.4 is 10.1 Å². The largest absolute Gasteiger partial charge is 0.494 e. The minimum atomic E-state index is -0.939. The summed E-state index contributed by atoms with van der Waals surface area (Å²) in [7, 11) is 0. The van der Waals surface area contributed by atoms with Crippen LogP contribution in [0.2, 0.25) is 0 Å². The molecule has 0 saturated heterocycles. The number of carbonyl (C=O) groups excluding carboxylic acids is 1. The van der Waals surface area contributed by atoms with Crippen LogP contribution in [0, 0.1) is 11.6 Å². The first kappa shape index (κ1) is 15.9. The number of carbonyl (C=O) groups is 1. The number of nitrogens with one attached hydrogen (secondary N) is 1. The molecular formula is C16H15F2NO3. The quantitative estimate of drug-likeness (QED) is 0.892. The molecular weight excluding hydrogens is 292 g/mol. The molecule has 6 heteroatoms.